The Balaban J connectivity index is 1.67. The van der Waals surface area contributed by atoms with Gasteiger partial charge in [0.15, 0.2) is 16.4 Å². The van der Waals surface area contributed by atoms with Crippen LogP contribution in [0.15, 0.2) is 42.5 Å². The van der Waals surface area contributed by atoms with E-state index < -0.39 is 9.84 Å². The van der Waals surface area contributed by atoms with Crippen LogP contribution in [0.5, 0.6) is 0 Å². The first-order chi connectivity index (χ1) is 13.2. The van der Waals surface area contributed by atoms with Gasteiger partial charge in [0.1, 0.15) is 24.4 Å². The number of hydrogen-bond acceptors (Lipinski definition) is 3. The highest BCUT2D eigenvalue weighted by Crippen LogP contribution is 2.27. The molecule has 1 amide bonds. The number of rotatable bonds is 3. The van der Waals surface area contributed by atoms with Crippen molar-refractivity contribution in [2.45, 2.75) is 32.5 Å². The molecule has 28 heavy (non-hydrogen) atoms. The number of anilines is 1. The second kappa shape index (κ2) is 7.17. The maximum atomic E-state index is 13.1. The normalized spacial score (nSPS) is 26.3. The number of carbonyl (C=O) groups is 1. The van der Waals surface area contributed by atoms with Gasteiger partial charge in [-0.25, -0.2) is 8.42 Å². The monoisotopic (exact) mass is 419 g/mol. The molecule has 0 aromatic heterocycles. The summed E-state index contributed by atoms with van der Waals surface area (Å²) in [5.41, 5.74) is 4.10. The zero-order chi connectivity index (χ0) is 20.1. The van der Waals surface area contributed by atoms with Gasteiger partial charge in [-0.15, -0.1) is 0 Å². The largest absolute Gasteiger partial charge is 0.318 e. The summed E-state index contributed by atoms with van der Waals surface area (Å²) in [6.07, 6.45) is 0. The molecule has 2 aromatic carbocycles. The SMILES string of the molecule is Cc1ccc(N2C(=O)C[NH+](Cc3ccc(Cl)cc3)[C@@H]3CS(=O)(=O)C[C@H]32)cc1C. The van der Waals surface area contributed by atoms with E-state index in [0.29, 0.717) is 11.6 Å². The predicted octanol–water partition coefficient (Wildman–Crippen LogP) is 1.55. The number of amides is 1. The maximum Gasteiger partial charge on any atom is 0.282 e. The summed E-state index contributed by atoms with van der Waals surface area (Å²) in [7, 11) is -3.18. The van der Waals surface area contributed by atoms with Crippen LogP contribution in [0.25, 0.3) is 0 Å². The molecule has 0 saturated carbocycles. The van der Waals surface area contributed by atoms with Gasteiger partial charge in [-0.2, -0.15) is 0 Å². The van der Waals surface area contributed by atoms with Gasteiger partial charge >= 0.3 is 0 Å². The zero-order valence-electron chi connectivity index (χ0n) is 16.0. The van der Waals surface area contributed by atoms with E-state index in [9.17, 15) is 13.2 Å². The Morgan fingerprint density at radius 2 is 1.79 bits per heavy atom. The van der Waals surface area contributed by atoms with Crippen molar-refractivity contribution >= 4 is 33.0 Å². The lowest BCUT2D eigenvalue weighted by atomic mass is 10.0. The molecule has 2 heterocycles. The Bertz CT molecular complexity index is 1020. The Hall–Kier alpha value is -1.89. The first-order valence-corrected chi connectivity index (χ1v) is 11.6. The second-order valence-electron chi connectivity index (χ2n) is 7.92. The van der Waals surface area contributed by atoms with Gasteiger partial charge in [0, 0.05) is 16.3 Å². The van der Waals surface area contributed by atoms with Crippen molar-refractivity contribution in [2.24, 2.45) is 0 Å². The fourth-order valence-electron chi connectivity index (χ4n) is 4.34. The predicted molar refractivity (Wildman–Crippen MR) is 111 cm³/mol. The molecule has 4 rings (SSSR count). The van der Waals surface area contributed by atoms with E-state index in [4.69, 9.17) is 11.6 Å². The molecular weight excluding hydrogens is 396 g/mol. The summed E-state index contributed by atoms with van der Waals surface area (Å²) in [4.78, 5) is 15.8. The third-order valence-electron chi connectivity index (χ3n) is 5.94. The van der Waals surface area contributed by atoms with E-state index in [0.717, 1.165) is 27.3 Å². The Morgan fingerprint density at radius 3 is 2.46 bits per heavy atom. The number of piperazine rings is 1. The zero-order valence-corrected chi connectivity index (χ0v) is 17.6. The summed E-state index contributed by atoms with van der Waals surface area (Å²) in [5.74, 6) is 0.126. The van der Waals surface area contributed by atoms with E-state index in [1.54, 1.807) is 4.90 Å². The van der Waals surface area contributed by atoms with Gasteiger partial charge in [-0.1, -0.05) is 29.8 Å². The fourth-order valence-corrected chi connectivity index (χ4v) is 6.51. The molecular formula is C21H24ClN2O3S+. The van der Waals surface area contributed by atoms with Gasteiger partial charge < -0.3 is 4.90 Å². The minimum atomic E-state index is -3.18. The molecule has 5 nitrogen and oxygen atoms in total. The molecule has 0 bridgehead atoms. The number of halogens is 1. The number of carbonyl (C=O) groups excluding carboxylic acids is 1. The van der Waals surface area contributed by atoms with E-state index >= 15 is 0 Å². The average molecular weight is 420 g/mol. The lowest BCUT2D eigenvalue weighted by molar-refractivity contribution is -0.931. The molecule has 2 aliphatic rings. The molecule has 3 atom stereocenters. The molecule has 1 unspecified atom stereocenters. The number of hydrogen-bond donors (Lipinski definition) is 1. The van der Waals surface area contributed by atoms with Gasteiger partial charge in [0.25, 0.3) is 5.91 Å². The van der Waals surface area contributed by atoms with Crippen LogP contribution < -0.4 is 9.80 Å². The number of aryl methyl sites for hydroxylation is 2. The van der Waals surface area contributed by atoms with Crippen molar-refractivity contribution in [3.63, 3.8) is 0 Å². The molecule has 0 radical (unpaired) electrons. The Labute approximate surface area is 170 Å². The number of nitrogens with one attached hydrogen (secondary N) is 1. The number of quaternary nitrogens is 1. The molecule has 2 saturated heterocycles. The van der Waals surface area contributed by atoms with Crippen molar-refractivity contribution in [2.75, 3.05) is 23.0 Å². The maximum absolute atomic E-state index is 13.1. The standard InChI is InChI=1S/C21H23ClN2O3S/c1-14-3-8-18(9-15(14)2)24-20-13-28(26,27)12-19(20)23(11-21(24)25)10-16-4-6-17(22)7-5-16/h3-9,19-20H,10-13H2,1-2H3/p+1/t19-,20-/m1/s1. The van der Waals surface area contributed by atoms with E-state index in [1.165, 1.54) is 0 Å². The minimum absolute atomic E-state index is 0.0226. The van der Waals surface area contributed by atoms with E-state index in [1.807, 2.05) is 56.3 Å². The first kappa shape index (κ1) is 19.4. The van der Waals surface area contributed by atoms with Crippen molar-refractivity contribution in [1.82, 2.24) is 0 Å². The van der Waals surface area contributed by atoms with Gasteiger partial charge in [0.05, 0.1) is 5.75 Å². The van der Waals surface area contributed by atoms with Crippen molar-refractivity contribution < 1.29 is 18.1 Å². The highest BCUT2D eigenvalue weighted by atomic mass is 35.5. The van der Waals surface area contributed by atoms with Gasteiger partial charge in [0.2, 0.25) is 0 Å². The molecule has 0 spiro atoms. The lowest BCUT2D eigenvalue weighted by Gasteiger charge is -2.41. The molecule has 148 valence electrons. The molecule has 7 heteroatoms. The van der Waals surface area contributed by atoms with Crippen LogP contribution in [0.2, 0.25) is 5.02 Å². The minimum Gasteiger partial charge on any atom is -0.318 e. The Kier molecular flexibility index (Phi) is 4.98. The quantitative estimate of drug-likeness (QED) is 0.821. The fraction of sp³-hybridized carbons (Fsp3) is 0.381. The van der Waals surface area contributed by atoms with Crippen LogP contribution in [0.4, 0.5) is 5.69 Å². The van der Waals surface area contributed by atoms with E-state index in [-0.39, 0.29) is 36.0 Å². The van der Waals surface area contributed by atoms with Crippen LogP contribution in [0.1, 0.15) is 16.7 Å². The topological polar surface area (TPSA) is 58.9 Å². The highest BCUT2D eigenvalue weighted by molar-refractivity contribution is 7.91. The smallest absolute Gasteiger partial charge is 0.282 e. The molecule has 2 aliphatic heterocycles. The van der Waals surface area contributed by atoms with Crippen molar-refractivity contribution in [1.29, 1.82) is 0 Å². The lowest BCUT2D eigenvalue weighted by Crippen LogP contribution is -3.19. The number of sulfone groups is 1. The van der Waals surface area contributed by atoms with Crippen molar-refractivity contribution in [3.8, 4) is 0 Å². The molecule has 2 fully saturated rings. The van der Waals surface area contributed by atoms with Crippen LogP contribution in [0, 0.1) is 13.8 Å². The average Bonchev–Trinajstić information content (AvgIpc) is 2.95. The van der Waals surface area contributed by atoms with Crippen molar-refractivity contribution in [3.05, 3.63) is 64.2 Å². The van der Waals surface area contributed by atoms with Gasteiger partial charge in [-0.3, -0.25) is 9.69 Å². The van der Waals surface area contributed by atoms with Crippen LogP contribution in [-0.4, -0.2) is 44.5 Å². The number of nitrogens with zero attached hydrogens (tertiary/aromatic N) is 1. The third kappa shape index (κ3) is 3.69. The summed E-state index contributed by atoms with van der Waals surface area (Å²) in [6.45, 7) is 4.93. The van der Waals surface area contributed by atoms with E-state index in [2.05, 4.69) is 0 Å². The first-order valence-electron chi connectivity index (χ1n) is 9.42. The number of fused-ring (bicyclic) bond motifs is 1. The number of benzene rings is 2. The second-order valence-corrected chi connectivity index (χ2v) is 10.5. The highest BCUT2D eigenvalue weighted by Gasteiger charge is 2.52. The van der Waals surface area contributed by atoms with Crippen LogP contribution >= 0.6 is 11.6 Å². The third-order valence-corrected chi connectivity index (χ3v) is 7.91. The summed E-state index contributed by atoms with van der Waals surface area (Å²) >= 11 is 5.97. The van der Waals surface area contributed by atoms with Crippen LogP contribution in [0.3, 0.4) is 0 Å². The van der Waals surface area contributed by atoms with Crippen LogP contribution in [-0.2, 0) is 21.2 Å². The molecule has 0 aliphatic carbocycles. The summed E-state index contributed by atoms with van der Waals surface area (Å²) < 4.78 is 25.0. The summed E-state index contributed by atoms with van der Waals surface area (Å²) in [5, 5.41) is 0.663. The molecule has 1 N–H and O–H groups in total. The van der Waals surface area contributed by atoms with Gasteiger partial charge in [-0.05, 0) is 49.2 Å². The Morgan fingerprint density at radius 1 is 1.07 bits per heavy atom. The molecule has 2 aromatic rings. The summed E-state index contributed by atoms with van der Waals surface area (Å²) in [6, 6.07) is 13.0.